The van der Waals surface area contributed by atoms with E-state index in [4.69, 9.17) is 16.3 Å². The van der Waals surface area contributed by atoms with E-state index >= 15 is 0 Å². The lowest BCUT2D eigenvalue weighted by atomic mass is 9.84. The summed E-state index contributed by atoms with van der Waals surface area (Å²) in [7, 11) is 1.41. The first-order valence-corrected chi connectivity index (χ1v) is 8.96. The molecule has 25 heavy (non-hydrogen) atoms. The number of amides is 1. The molecule has 2 atom stereocenters. The lowest BCUT2D eigenvalue weighted by Gasteiger charge is -2.42. The normalized spacial score (nSPS) is 24.4. The Balaban J connectivity index is 2.25. The number of carbonyl (C=O) groups is 2. The van der Waals surface area contributed by atoms with Crippen LogP contribution in [0.5, 0.6) is 0 Å². The molecule has 2 rings (SSSR count). The second kappa shape index (κ2) is 7.63. The smallest absolute Gasteiger partial charge is 0.377 e. The standard InChI is InChI=1S/C16H19ClF3NO3S/c1-8-4-10(5-9(2)21(8)15(23)16(18,19)20)14-11(6-13(17)25-14)12(22)7-24-3/h6,8-10H,4-5,7H2,1-3H3. The summed E-state index contributed by atoms with van der Waals surface area (Å²) in [5.74, 6) is -2.16. The molecule has 1 aliphatic heterocycles. The van der Waals surface area contributed by atoms with Gasteiger partial charge in [0.05, 0.1) is 4.34 Å². The van der Waals surface area contributed by atoms with Gasteiger partial charge in [0.25, 0.3) is 0 Å². The number of ether oxygens (including phenoxy) is 1. The second-order valence-electron chi connectivity index (χ2n) is 6.26. The maximum Gasteiger partial charge on any atom is 0.471 e. The number of carbonyl (C=O) groups excluding carboxylic acids is 2. The van der Waals surface area contributed by atoms with Gasteiger partial charge in [-0.15, -0.1) is 11.3 Å². The summed E-state index contributed by atoms with van der Waals surface area (Å²) in [6, 6.07) is 0.397. The first-order chi connectivity index (χ1) is 11.6. The minimum atomic E-state index is -4.89. The maximum absolute atomic E-state index is 12.8. The topological polar surface area (TPSA) is 46.6 Å². The van der Waals surface area contributed by atoms with Crippen LogP contribution < -0.4 is 0 Å². The molecule has 0 spiro atoms. The molecule has 1 amide bonds. The molecule has 0 aromatic carbocycles. The molecular formula is C16H19ClF3NO3S. The molecule has 0 radical (unpaired) electrons. The highest BCUT2D eigenvalue weighted by atomic mass is 35.5. The average Bonchev–Trinajstić information content (AvgIpc) is 2.87. The van der Waals surface area contributed by atoms with Crippen LogP contribution in [-0.2, 0) is 9.53 Å². The highest BCUT2D eigenvalue weighted by Crippen LogP contribution is 2.42. The molecule has 0 bridgehead atoms. The number of hydrogen-bond donors (Lipinski definition) is 0. The molecule has 1 aromatic rings. The molecule has 0 saturated carbocycles. The first kappa shape index (κ1) is 20.2. The largest absolute Gasteiger partial charge is 0.471 e. The molecule has 9 heteroatoms. The van der Waals surface area contributed by atoms with E-state index in [1.165, 1.54) is 18.4 Å². The van der Waals surface area contributed by atoms with Crippen molar-refractivity contribution in [3.8, 4) is 0 Å². The van der Waals surface area contributed by atoms with Gasteiger partial charge in [-0.25, -0.2) is 0 Å². The highest BCUT2D eigenvalue weighted by molar-refractivity contribution is 7.16. The van der Waals surface area contributed by atoms with Crippen molar-refractivity contribution < 1.29 is 27.5 Å². The molecule has 2 heterocycles. The van der Waals surface area contributed by atoms with Crippen LogP contribution in [0.25, 0.3) is 0 Å². The van der Waals surface area contributed by atoms with Crippen molar-refractivity contribution in [2.45, 2.75) is 50.9 Å². The van der Waals surface area contributed by atoms with Crippen LogP contribution in [0.1, 0.15) is 47.8 Å². The van der Waals surface area contributed by atoms with Crippen LogP contribution in [0.15, 0.2) is 6.07 Å². The number of rotatable bonds is 4. The number of Topliss-reactive ketones (excluding diaryl/α,β-unsaturated/α-hetero) is 1. The molecular weight excluding hydrogens is 379 g/mol. The van der Waals surface area contributed by atoms with Crippen molar-refractivity contribution in [1.82, 2.24) is 4.90 Å². The molecule has 4 nitrogen and oxygen atoms in total. The molecule has 0 aliphatic carbocycles. The average molecular weight is 398 g/mol. The number of methoxy groups -OCH3 is 1. The highest BCUT2D eigenvalue weighted by Gasteiger charge is 2.47. The molecule has 1 aromatic heterocycles. The lowest BCUT2D eigenvalue weighted by molar-refractivity contribution is -0.191. The first-order valence-electron chi connectivity index (χ1n) is 7.77. The van der Waals surface area contributed by atoms with Gasteiger partial charge in [-0.1, -0.05) is 11.6 Å². The zero-order chi connectivity index (χ0) is 18.9. The van der Waals surface area contributed by atoms with Crippen LogP contribution in [0.2, 0.25) is 4.34 Å². The Kier molecular flexibility index (Phi) is 6.17. The van der Waals surface area contributed by atoms with Gasteiger partial charge in [0.2, 0.25) is 0 Å². The monoisotopic (exact) mass is 397 g/mol. The number of thiophene rings is 1. The van der Waals surface area contributed by atoms with E-state index in [9.17, 15) is 22.8 Å². The molecule has 140 valence electrons. The predicted octanol–water partition coefficient (Wildman–Crippen LogP) is 4.28. The summed E-state index contributed by atoms with van der Waals surface area (Å²) in [5.41, 5.74) is 0.455. The molecule has 2 unspecified atom stereocenters. The number of ketones is 1. The van der Waals surface area contributed by atoms with E-state index in [-0.39, 0.29) is 18.3 Å². The van der Waals surface area contributed by atoms with Crippen molar-refractivity contribution in [2.24, 2.45) is 0 Å². The van der Waals surface area contributed by atoms with Gasteiger partial charge >= 0.3 is 12.1 Å². The molecule has 1 aliphatic rings. The third-order valence-corrected chi connectivity index (χ3v) is 5.78. The van der Waals surface area contributed by atoms with Crippen molar-refractivity contribution in [3.05, 3.63) is 20.8 Å². The summed E-state index contributed by atoms with van der Waals surface area (Å²) in [6.45, 7) is 3.10. The number of nitrogens with zero attached hydrogens (tertiary/aromatic N) is 1. The Morgan fingerprint density at radius 1 is 1.32 bits per heavy atom. The van der Waals surface area contributed by atoms with Gasteiger partial charge in [-0.2, -0.15) is 13.2 Å². The summed E-state index contributed by atoms with van der Waals surface area (Å²) >= 11 is 7.31. The summed E-state index contributed by atoms with van der Waals surface area (Å²) in [5, 5.41) is 0. The molecule has 0 N–H and O–H groups in total. The lowest BCUT2D eigenvalue weighted by Crippen LogP contribution is -2.53. The number of piperidine rings is 1. The van der Waals surface area contributed by atoms with Crippen LogP contribution in [-0.4, -0.2) is 48.6 Å². The number of alkyl halides is 3. The Morgan fingerprint density at radius 2 is 1.88 bits per heavy atom. The van der Waals surface area contributed by atoms with Crippen LogP contribution in [0.3, 0.4) is 0 Å². The van der Waals surface area contributed by atoms with Crippen molar-refractivity contribution >= 4 is 34.6 Å². The third-order valence-electron chi connectivity index (χ3n) is 4.36. The fraction of sp³-hybridized carbons (Fsp3) is 0.625. The Bertz CT molecular complexity index is 650. The van der Waals surface area contributed by atoms with Crippen LogP contribution >= 0.6 is 22.9 Å². The fourth-order valence-corrected chi connectivity index (χ4v) is 4.83. The fourth-order valence-electron chi connectivity index (χ4n) is 3.45. The van der Waals surface area contributed by atoms with Gasteiger partial charge in [0, 0.05) is 29.6 Å². The van der Waals surface area contributed by atoms with Gasteiger partial charge in [0.1, 0.15) is 6.61 Å². The van der Waals surface area contributed by atoms with Gasteiger partial charge in [-0.3, -0.25) is 9.59 Å². The summed E-state index contributed by atoms with van der Waals surface area (Å²) < 4.78 is 43.7. The predicted molar refractivity (Wildman–Crippen MR) is 89.3 cm³/mol. The van der Waals surface area contributed by atoms with Crippen molar-refractivity contribution in [3.63, 3.8) is 0 Å². The third kappa shape index (κ3) is 4.35. The Morgan fingerprint density at radius 3 is 2.36 bits per heavy atom. The van der Waals surface area contributed by atoms with Crippen LogP contribution in [0.4, 0.5) is 13.2 Å². The van der Waals surface area contributed by atoms with E-state index in [1.807, 2.05) is 0 Å². The van der Waals surface area contributed by atoms with Crippen LogP contribution in [0, 0.1) is 0 Å². The Hall–Kier alpha value is -1.12. The van der Waals surface area contributed by atoms with E-state index in [0.29, 0.717) is 22.7 Å². The maximum atomic E-state index is 12.8. The number of likely N-dealkylation sites (tertiary alicyclic amines) is 1. The van der Waals surface area contributed by atoms with Gasteiger partial charge in [0.15, 0.2) is 5.78 Å². The van der Waals surface area contributed by atoms with Crippen molar-refractivity contribution in [2.75, 3.05) is 13.7 Å². The van der Waals surface area contributed by atoms with E-state index in [1.54, 1.807) is 19.9 Å². The van der Waals surface area contributed by atoms with Crippen molar-refractivity contribution in [1.29, 1.82) is 0 Å². The SMILES string of the molecule is COCC(=O)c1cc(Cl)sc1C1CC(C)N(C(=O)C(F)(F)F)C(C)C1. The summed E-state index contributed by atoms with van der Waals surface area (Å²) in [4.78, 5) is 25.5. The Labute approximate surface area is 152 Å². The molecule has 1 fully saturated rings. The second-order valence-corrected chi connectivity index (χ2v) is 7.98. The number of hydrogen-bond acceptors (Lipinski definition) is 4. The zero-order valence-electron chi connectivity index (χ0n) is 14.0. The minimum absolute atomic E-state index is 0.0867. The number of halogens is 4. The quantitative estimate of drug-likeness (QED) is 0.712. The van der Waals surface area contributed by atoms with E-state index < -0.39 is 24.2 Å². The van der Waals surface area contributed by atoms with Gasteiger partial charge < -0.3 is 9.64 Å². The van der Waals surface area contributed by atoms with E-state index in [0.717, 1.165) is 9.78 Å². The van der Waals surface area contributed by atoms with E-state index in [2.05, 4.69) is 0 Å². The molecule has 1 saturated heterocycles. The zero-order valence-corrected chi connectivity index (χ0v) is 15.6. The minimum Gasteiger partial charge on any atom is -0.377 e. The summed E-state index contributed by atoms with van der Waals surface area (Å²) in [6.07, 6.45) is -4.20. The van der Waals surface area contributed by atoms with Gasteiger partial charge in [-0.05, 0) is 38.7 Å².